The average Bonchev–Trinajstić information content (AvgIpc) is 2.94. The standard InChI is InChI=1S/C10H13N5O2S/c1-6-8(7(2)17-14-6)4-15(3)10(16)12-9-13-11-5-18-9/h5H,4H2,1-3H3,(H,12,13,16). The first kappa shape index (κ1) is 12.5. The molecule has 8 heteroatoms. The second-order valence-corrected chi connectivity index (χ2v) is 4.67. The van der Waals surface area contributed by atoms with Gasteiger partial charge in [-0.1, -0.05) is 16.5 Å². The molecule has 1 N–H and O–H groups in total. The van der Waals surface area contributed by atoms with Crippen LogP contribution in [0.5, 0.6) is 0 Å². The van der Waals surface area contributed by atoms with E-state index < -0.39 is 0 Å². The number of aromatic nitrogens is 3. The maximum Gasteiger partial charge on any atom is 0.323 e. The van der Waals surface area contributed by atoms with E-state index in [0.717, 1.165) is 17.0 Å². The average molecular weight is 267 g/mol. The van der Waals surface area contributed by atoms with Crippen molar-refractivity contribution in [3.05, 3.63) is 22.5 Å². The molecular formula is C10H13N5O2S. The zero-order valence-electron chi connectivity index (χ0n) is 10.3. The van der Waals surface area contributed by atoms with E-state index in [1.165, 1.54) is 16.2 Å². The normalized spacial score (nSPS) is 10.4. The van der Waals surface area contributed by atoms with E-state index in [9.17, 15) is 4.79 Å². The molecule has 0 aliphatic rings. The number of urea groups is 1. The van der Waals surface area contributed by atoms with Crippen LogP contribution < -0.4 is 5.32 Å². The van der Waals surface area contributed by atoms with Crippen LogP contribution in [0.2, 0.25) is 0 Å². The van der Waals surface area contributed by atoms with Gasteiger partial charge in [-0.3, -0.25) is 5.32 Å². The minimum atomic E-state index is -0.244. The summed E-state index contributed by atoms with van der Waals surface area (Å²) in [5.74, 6) is 0.725. The highest BCUT2D eigenvalue weighted by Crippen LogP contribution is 2.15. The summed E-state index contributed by atoms with van der Waals surface area (Å²) in [4.78, 5) is 13.4. The monoisotopic (exact) mass is 267 g/mol. The molecule has 0 aromatic carbocycles. The Morgan fingerprint density at radius 2 is 2.33 bits per heavy atom. The number of hydrogen-bond donors (Lipinski definition) is 1. The van der Waals surface area contributed by atoms with Crippen LogP contribution in [0.1, 0.15) is 17.0 Å². The van der Waals surface area contributed by atoms with Gasteiger partial charge in [0.25, 0.3) is 0 Å². The van der Waals surface area contributed by atoms with Crippen molar-refractivity contribution in [2.45, 2.75) is 20.4 Å². The minimum absolute atomic E-state index is 0.244. The van der Waals surface area contributed by atoms with Crippen LogP contribution in [0, 0.1) is 13.8 Å². The van der Waals surface area contributed by atoms with Gasteiger partial charge in [0.1, 0.15) is 11.3 Å². The van der Waals surface area contributed by atoms with Crippen molar-refractivity contribution in [2.75, 3.05) is 12.4 Å². The molecule has 2 heterocycles. The first-order chi connectivity index (χ1) is 8.58. The van der Waals surface area contributed by atoms with Crippen molar-refractivity contribution >= 4 is 22.5 Å². The summed E-state index contributed by atoms with van der Waals surface area (Å²) in [6.07, 6.45) is 0. The van der Waals surface area contributed by atoms with Gasteiger partial charge in [-0.25, -0.2) is 4.79 Å². The highest BCUT2D eigenvalue weighted by molar-refractivity contribution is 7.13. The third-order valence-electron chi connectivity index (χ3n) is 2.50. The largest absolute Gasteiger partial charge is 0.361 e. The molecule has 2 aromatic heterocycles. The van der Waals surface area contributed by atoms with Crippen LogP contribution in [0.15, 0.2) is 10.0 Å². The lowest BCUT2D eigenvalue weighted by Crippen LogP contribution is -2.31. The molecule has 0 aliphatic carbocycles. The quantitative estimate of drug-likeness (QED) is 0.916. The SMILES string of the molecule is Cc1noc(C)c1CN(C)C(=O)Nc1nncs1. The van der Waals surface area contributed by atoms with Gasteiger partial charge in [-0.15, -0.1) is 10.2 Å². The van der Waals surface area contributed by atoms with E-state index in [0.29, 0.717) is 11.7 Å². The minimum Gasteiger partial charge on any atom is -0.361 e. The summed E-state index contributed by atoms with van der Waals surface area (Å²) in [6, 6.07) is -0.244. The van der Waals surface area contributed by atoms with Crippen molar-refractivity contribution < 1.29 is 9.32 Å². The second kappa shape index (κ2) is 5.13. The third kappa shape index (κ3) is 2.65. The van der Waals surface area contributed by atoms with E-state index in [-0.39, 0.29) is 6.03 Å². The first-order valence-electron chi connectivity index (χ1n) is 5.28. The zero-order chi connectivity index (χ0) is 13.1. The molecule has 96 valence electrons. The lowest BCUT2D eigenvalue weighted by molar-refractivity contribution is 0.220. The number of hydrogen-bond acceptors (Lipinski definition) is 6. The number of anilines is 1. The number of rotatable bonds is 3. The fraction of sp³-hybridized carbons (Fsp3) is 0.400. The maximum absolute atomic E-state index is 11.9. The van der Waals surface area contributed by atoms with E-state index in [2.05, 4.69) is 20.7 Å². The van der Waals surface area contributed by atoms with Gasteiger partial charge in [0, 0.05) is 12.6 Å². The summed E-state index contributed by atoms with van der Waals surface area (Å²) in [5, 5.41) is 14.4. The number of carbonyl (C=O) groups excluding carboxylic acids is 1. The zero-order valence-corrected chi connectivity index (χ0v) is 11.1. The molecule has 0 spiro atoms. The molecule has 18 heavy (non-hydrogen) atoms. The Hall–Kier alpha value is -1.96. The molecule has 2 rings (SSSR count). The van der Waals surface area contributed by atoms with Crippen LogP contribution in [0.25, 0.3) is 0 Å². The Morgan fingerprint density at radius 1 is 1.56 bits per heavy atom. The molecule has 0 radical (unpaired) electrons. The van der Waals surface area contributed by atoms with Crippen molar-refractivity contribution in [2.24, 2.45) is 0 Å². The van der Waals surface area contributed by atoms with Gasteiger partial charge in [0.2, 0.25) is 5.13 Å². The number of nitrogens with one attached hydrogen (secondary N) is 1. The Labute approximate surface area is 108 Å². The molecule has 0 fully saturated rings. The Bertz CT molecular complexity index is 517. The number of aryl methyl sites for hydroxylation is 2. The predicted octanol–water partition coefficient (Wildman–Crippen LogP) is 1.81. The Morgan fingerprint density at radius 3 is 2.89 bits per heavy atom. The van der Waals surface area contributed by atoms with Crippen LogP contribution >= 0.6 is 11.3 Å². The van der Waals surface area contributed by atoms with Crippen molar-refractivity contribution in [1.82, 2.24) is 20.3 Å². The van der Waals surface area contributed by atoms with Gasteiger partial charge >= 0.3 is 6.03 Å². The van der Waals surface area contributed by atoms with E-state index in [1.54, 1.807) is 12.6 Å². The molecule has 0 saturated carbocycles. The fourth-order valence-corrected chi connectivity index (χ4v) is 1.89. The Kier molecular flexibility index (Phi) is 3.56. The smallest absolute Gasteiger partial charge is 0.323 e. The molecule has 0 aliphatic heterocycles. The summed E-state index contributed by atoms with van der Waals surface area (Å²) in [7, 11) is 1.70. The summed E-state index contributed by atoms with van der Waals surface area (Å²) in [5.41, 5.74) is 3.28. The number of nitrogens with zero attached hydrogens (tertiary/aromatic N) is 4. The van der Waals surface area contributed by atoms with Crippen molar-refractivity contribution in [1.29, 1.82) is 0 Å². The van der Waals surface area contributed by atoms with E-state index >= 15 is 0 Å². The summed E-state index contributed by atoms with van der Waals surface area (Å²) in [6.45, 7) is 4.11. The fourth-order valence-electron chi connectivity index (χ4n) is 1.45. The highest BCUT2D eigenvalue weighted by atomic mass is 32.1. The van der Waals surface area contributed by atoms with Gasteiger partial charge in [0.05, 0.1) is 12.2 Å². The number of amides is 2. The molecular weight excluding hydrogens is 254 g/mol. The second-order valence-electron chi connectivity index (χ2n) is 3.83. The van der Waals surface area contributed by atoms with Gasteiger partial charge < -0.3 is 9.42 Å². The van der Waals surface area contributed by atoms with Crippen LogP contribution in [0.3, 0.4) is 0 Å². The maximum atomic E-state index is 11.9. The van der Waals surface area contributed by atoms with Gasteiger partial charge in [-0.2, -0.15) is 0 Å². The third-order valence-corrected chi connectivity index (χ3v) is 3.10. The molecule has 7 nitrogen and oxygen atoms in total. The van der Waals surface area contributed by atoms with Crippen molar-refractivity contribution in [3.8, 4) is 0 Å². The molecule has 0 bridgehead atoms. The number of carbonyl (C=O) groups is 1. The molecule has 0 unspecified atom stereocenters. The molecule has 2 amide bonds. The summed E-state index contributed by atoms with van der Waals surface area (Å²) < 4.78 is 5.05. The lowest BCUT2D eigenvalue weighted by atomic mass is 10.2. The Balaban J connectivity index is 1.99. The molecule has 0 saturated heterocycles. The van der Waals surface area contributed by atoms with Crippen molar-refractivity contribution in [3.63, 3.8) is 0 Å². The van der Waals surface area contributed by atoms with Crippen LogP contribution in [-0.4, -0.2) is 33.3 Å². The predicted molar refractivity (Wildman–Crippen MR) is 66.4 cm³/mol. The topological polar surface area (TPSA) is 84.2 Å². The first-order valence-corrected chi connectivity index (χ1v) is 6.16. The van der Waals surface area contributed by atoms with Gasteiger partial charge in [0.15, 0.2) is 0 Å². The lowest BCUT2D eigenvalue weighted by Gasteiger charge is -2.16. The van der Waals surface area contributed by atoms with Crippen LogP contribution in [-0.2, 0) is 6.54 Å². The summed E-state index contributed by atoms with van der Waals surface area (Å²) >= 11 is 1.27. The van der Waals surface area contributed by atoms with Crippen LogP contribution in [0.4, 0.5) is 9.93 Å². The highest BCUT2D eigenvalue weighted by Gasteiger charge is 2.16. The van der Waals surface area contributed by atoms with Gasteiger partial charge in [-0.05, 0) is 13.8 Å². The van der Waals surface area contributed by atoms with E-state index in [4.69, 9.17) is 4.52 Å². The van der Waals surface area contributed by atoms with E-state index in [1.807, 2.05) is 13.8 Å². The molecule has 0 atom stereocenters. The molecule has 2 aromatic rings.